The number of hydrogen-bond acceptors (Lipinski definition) is 2. The second kappa shape index (κ2) is 5.78. The number of benzene rings is 1. The molecule has 0 saturated carbocycles. The van der Waals surface area contributed by atoms with Gasteiger partial charge >= 0.3 is 0 Å². The van der Waals surface area contributed by atoms with Crippen LogP contribution in [-0.2, 0) is 0 Å². The van der Waals surface area contributed by atoms with Gasteiger partial charge in [0.1, 0.15) is 0 Å². The normalized spacial score (nSPS) is 9.86. The van der Waals surface area contributed by atoms with Crippen molar-refractivity contribution in [2.45, 2.75) is 6.42 Å². The van der Waals surface area contributed by atoms with Crippen molar-refractivity contribution >= 4 is 21.8 Å². The predicted molar refractivity (Wildman–Crippen MR) is 58.2 cm³/mol. The molecule has 0 spiro atoms. The molecule has 0 aromatic heterocycles. The number of hydrogen-bond donors (Lipinski definition) is 2. The average Bonchev–Trinajstić information content (AvgIpc) is 2.19. The molecule has 3 nitrogen and oxygen atoms in total. The van der Waals surface area contributed by atoms with Crippen molar-refractivity contribution in [1.82, 2.24) is 5.32 Å². The van der Waals surface area contributed by atoms with Crippen molar-refractivity contribution in [3.63, 3.8) is 0 Å². The Morgan fingerprint density at radius 3 is 2.57 bits per heavy atom. The standard InChI is InChI=1S/C10H12BrNO2/c11-9-4-2-8(3-5-9)10(14)12-6-1-7-13/h2-5,13H,1,6-7H2,(H,12,14). The lowest BCUT2D eigenvalue weighted by molar-refractivity contribution is 0.0951. The van der Waals surface area contributed by atoms with Gasteiger partial charge in [-0.1, -0.05) is 15.9 Å². The molecule has 4 heteroatoms. The van der Waals surface area contributed by atoms with Crippen LogP contribution >= 0.6 is 15.9 Å². The summed E-state index contributed by atoms with van der Waals surface area (Å²) < 4.78 is 0.949. The monoisotopic (exact) mass is 257 g/mol. The molecule has 14 heavy (non-hydrogen) atoms. The quantitative estimate of drug-likeness (QED) is 0.805. The highest BCUT2D eigenvalue weighted by Crippen LogP contribution is 2.10. The first kappa shape index (κ1) is 11.2. The molecule has 0 atom stereocenters. The van der Waals surface area contributed by atoms with E-state index in [1.54, 1.807) is 12.1 Å². The Hall–Kier alpha value is -0.870. The van der Waals surface area contributed by atoms with E-state index in [0.29, 0.717) is 18.5 Å². The molecule has 2 N–H and O–H groups in total. The lowest BCUT2D eigenvalue weighted by atomic mass is 10.2. The zero-order chi connectivity index (χ0) is 10.4. The first-order chi connectivity index (χ1) is 6.74. The van der Waals surface area contributed by atoms with Gasteiger partial charge in [-0.2, -0.15) is 0 Å². The number of aliphatic hydroxyl groups is 1. The molecular formula is C10H12BrNO2. The van der Waals surface area contributed by atoms with Gasteiger partial charge in [0.05, 0.1) is 0 Å². The second-order valence-electron chi connectivity index (χ2n) is 2.84. The summed E-state index contributed by atoms with van der Waals surface area (Å²) in [5.74, 6) is -0.106. The summed E-state index contributed by atoms with van der Waals surface area (Å²) in [5.41, 5.74) is 0.631. The predicted octanol–water partition coefficient (Wildman–Crippen LogP) is 1.56. The number of carbonyl (C=O) groups excluding carboxylic acids is 1. The van der Waals surface area contributed by atoms with Crippen LogP contribution in [0.5, 0.6) is 0 Å². The van der Waals surface area contributed by atoms with Crippen LogP contribution in [0.3, 0.4) is 0 Å². The number of nitrogens with one attached hydrogen (secondary N) is 1. The molecule has 0 saturated heterocycles. The molecule has 0 aliphatic heterocycles. The summed E-state index contributed by atoms with van der Waals surface area (Å²) in [5, 5.41) is 11.2. The summed E-state index contributed by atoms with van der Waals surface area (Å²) in [6, 6.07) is 7.14. The summed E-state index contributed by atoms with van der Waals surface area (Å²) in [6.07, 6.45) is 0.586. The maximum absolute atomic E-state index is 11.4. The number of carbonyl (C=O) groups is 1. The van der Waals surface area contributed by atoms with Crippen molar-refractivity contribution in [1.29, 1.82) is 0 Å². The van der Waals surface area contributed by atoms with Gasteiger partial charge in [0.25, 0.3) is 5.91 Å². The third-order valence-electron chi connectivity index (χ3n) is 1.73. The van der Waals surface area contributed by atoms with E-state index in [0.717, 1.165) is 4.47 Å². The topological polar surface area (TPSA) is 49.3 Å². The Morgan fingerprint density at radius 2 is 2.00 bits per heavy atom. The summed E-state index contributed by atoms with van der Waals surface area (Å²) in [4.78, 5) is 11.4. The van der Waals surface area contributed by atoms with Crippen LogP contribution < -0.4 is 5.32 Å². The van der Waals surface area contributed by atoms with E-state index < -0.39 is 0 Å². The van der Waals surface area contributed by atoms with Gasteiger partial charge in [0, 0.05) is 23.2 Å². The second-order valence-corrected chi connectivity index (χ2v) is 3.76. The molecule has 0 aliphatic carbocycles. The average molecular weight is 258 g/mol. The van der Waals surface area contributed by atoms with E-state index in [1.807, 2.05) is 12.1 Å². The summed E-state index contributed by atoms with van der Waals surface area (Å²) in [6.45, 7) is 0.603. The summed E-state index contributed by atoms with van der Waals surface area (Å²) in [7, 11) is 0. The van der Waals surface area contributed by atoms with Gasteiger partial charge in [-0.3, -0.25) is 4.79 Å². The smallest absolute Gasteiger partial charge is 0.251 e. The maximum Gasteiger partial charge on any atom is 0.251 e. The highest BCUT2D eigenvalue weighted by molar-refractivity contribution is 9.10. The fourth-order valence-electron chi connectivity index (χ4n) is 0.984. The van der Waals surface area contributed by atoms with Crippen LogP contribution in [0.2, 0.25) is 0 Å². The highest BCUT2D eigenvalue weighted by atomic mass is 79.9. The number of rotatable bonds is 4. The molecule has 0 unspecified atom stereocenters. The number of aliphatic hydroxyl groups excluding tert-OH is 1. The van der Waals surface area contributed by atoms with Crippen molar-refractivity contribution in [3.05, 3.63) is 34.3 Å². The zero-order valence-electron chi connectivity index (χ0n) is 7.66. The van der Waals surface area contributed by atoms with Crippen molar-refractivity contribution < 1.29 is 9.90 Å². The van der Waals surface area contributed by atoms with Crippen LogP contribution in [0.15, 0.2) is 28.7 Å². The minimum Gasteiger partial charge on any atom is -0.396 e. The minimum atomic E-state index is -0.106. The van der Waals surface area contributed by atoms with E-state index in [4.69, 9.17) is 5.11 Å². The number of amides is 1. The Labute approximate surface area is 91.3 Å². The molecule has 1 rings (SSSR count). The van der Waals surface area contributed by atoms with E-state index in [-0.39, 0.29) is 12.5 Å². The third kappa shape index (κ3) is 3.47. The van der Waals surface area contributed by atoms with Gasteiger partial charge < -0.3 is 10.4 Å². The lowest BCUT2D eigenvalue weighted by Crippen LogP contribution is -2.24. The number of halogens is 1. The van der Waals surface area contributed by atoms with Gasteiger partial charge in [-0.15, -0.1) is 0 Å². The fraction of sp³-hybridized carbons (Fsp3) is 0.300. The van der Waals surface area contributed by atoms with E-state index in [1.165, 1.54) is 0 Å². The molecule has 0 fully saturated rings. The molecule has 1 aromatic rings. The van der Waals surface area contributed by atoms with E-state index in [2.05, 4.69) is 21.2 Å². The van der Waals surface area contributed by atoms with Crippen LogP contribution in [0.4, 0.5) is 0 Å². The molecule has 1 amide bonds. The third-order valence-corrected chi connectivity index (χ3v) is 2.26. The molecule has 76 valence electrons. The Balaban J connectivity index is 2.48. The highest BCUT2D eigenvalue weighted by Gasteiger charge is 2.02. The minimum absolute atomic E-state index is 0.0978. The zero-order valence-corrected chi connectivity index (χ0v) is 9.25. The SMILES string of the molecule is O=C(NCCCO)c1ccc(Br)cc1. The van der Waals surface area contributed by atoms with E-state index in [9.17, 15) is 4.79 Å². The molecular weight excluding hydrogens is 246 g/mol. The van der Waals surface area contributed by atoms with Crippen molar-refractivity contribution in [3.8, 4) is 0 Å². The molecule has 0 radical (unpaired) electrons. The van der Waals surface area contributed by atoms with Crippen molar-refractivity contribution in [2.24, 2.45) is 0 Å². The first-order valence-electron chi connectivity index (χ1n) is 4.38. The van der Waals surface area contributed by atoms with Gasteiger partial charge in [-0.05, 0) is 30.7 Å². The van der Waals surface area contributed by atoms with Crippen LogP contribution in [0.25, 0.3) is 0 Å². The largest absolute Gasteiger partial charge is 0.396 e. The Morgan fingerprint density at radius 1 is 1.36 bits per heavy atom. The lowest BCUT2D eigenvalue weighted by Gasteiger charge is -2.03. The summed E-state index contributed by atoms with van der Waals surface area (Å²) >= 11 is 3.29. The van der Waals surface area contributed by atoms with Gasteiger partial charge in [-0.25, -0.2) is 0 Å². The Kier molecular flexibility index (Phi) is 4.62. The van der Waals surface area contributed by atoms with Gasteiger partial charge in [0.15, 0.2) is 0 Å². The first-order valence-corrected chi connectivity index (χ1v) is 5.18. The molecule has 1 aromatic carbocycles. The molecule has 0 heterocycles. The van der Waals surface area contributed by atoms with Crippen LogP contribution in [0, 0.1) is 0 Å². The Bertz CT molecular complexity index is 297. The fourth-order valence-corrected chi connectivity index (χ4v) is 1.25. The molecule has 0 aliphatic rings. The van der Waals surface area contributed by atoms with Crippen LogP contribution in [0.1, 0.15) is 16.8 Å². The van der Waals surface area contributed by atoms with E-state index >= 15 is 0 Å². The van der Waals surface area contributed by atoms with Crippen molar-refractivity contribution in [2.75, 3.05) is 13.2 Å². The maximum atomic E-state index is 11.4. The van der Waals surface area contributed by atoms with Gasteiger partial charge in [0.2, 0.25) is 0 Å². The molecule has 0 bridgehead atoms. The van der Waals surface area contributed by atoms with Crippen LogP contribution in [-0.4, -0.2) is 24.2 Å².